The molecule has 0 N–H and O–H groups in total. The van der Waals surface area contributed by atoms with E-state index in [-0.39, 0.29) is 0 Å². The van der Waals surface area contributed by atoms with Gasteiger partial charge in [0.1, 0.15) is 5.82 Å². The molecule has 4 nitrogen and oxygen atoms in total. The second-order valence-corrected chi connectivity index (χ2v) is 4.87. The Morgan fingerprint density at radius 1 is 0.955 bits per heavy atom. The molecule has 4 aromatic heterocycles. The Balaban J connectivity index is 1.76. The van der Waals surface area contributed by atoms with Gasteiger partial charge in [0.2, 0.25) is 5.95 Å². The molecular formula is C17H11FN4. The van der Waals surface area contributed by atoms with Crippen molar-refractivity contribution in [3.8, 4) is 17.1 Å². The fraction of sp³-hybridized carbons (Fsp3) is 0. The molecule has 0 fully saturated rings. The first-order valence-corrected chi connectivity index (χ1v) is 6.82. The number of halogens is 1. The lowest BCUT2D eigenvalue weighted by atomic mass is 10.2. The number of nitrogens with zero attached hydrogens (tertiary/aromatic N) is 4. The normalized spacial score (nSPS) is 11.0. The summed E-state index contributed by atoms with van der Waals surface area (Å²) in [6, 6.07) is 12.5. The molecule has 0 aromatic carbocycles. The molecule has 4 rings (SSSR count). The van der Waals surface area contributed by atoms with E-state index in [1.54, 1.807) is 30.7 Å². The monoisotopic (exact) mass is 290 g/mol. The molecule has 0 saturated carbocycles. The zero-order valence-corrected chi connectivity index (χ0v) is 11.5. The van der Waals surface area contributed by atoms with E-state index in [4.69, 9.17) is 0 Å². The highest BCUT2D eigenvalue weighted by molar-refractivity contribution is 5.80. The number of hydrogen-bond donors (Lipinski definition) is 0. The third-order valence-corrected chi connectivity index (χ3v) is 3.50. The summed E-state index contributed by atoms with van der Waals surface area (Å²) in [5.41, 5.74) is 2.34. The highest BCUT2D eigenvalue weighted by Crippen LogP contribution is 2.21. The van der Waals surface area contributed by atoms with Crippen molar-refractivity contribution in [2.75, 3.05) is 0 Å². The molecule has 0 aliphatic heterocycles. The van der Waals surface area contributed by atoms with Crippen LogP contribution in [0, 0.1) is 5.95 Å². The van der Waals surface area contributed by atoms with Gasteiger partial charge in [-0.25, -0.2) is 9.97 Å². The van der Waals surface area contributed by atoms with Crippen LogP contribution < -0.4 is 0 Å². The first-order chi connectivity index (χ1) is 10.8. The molecule has 0 atom stereocenters. The summed E-state index contributed by atoms with van der Waals surface area (Å²) in [6.45, 7) is 0. The lowest BCUT2D eigenvalue weighted by Crippen LogP contribution is -1.96. The Hall–Kier alpha value is -3.08. The second-order valence-electron chi connectivity index (χ2n) is 4.87. The van der Waals surface area contributed by atoms with Gasteiger partial charge >= 0.3 is 0 Å². The molecule has 0 unspecified atom stereocenters. The van der Waals surface area contributed by atoms with Crippen molar-refractivity contribution in [1.29, 1.82) is 0 Å². The van der Waals surface area contributed by atoms with Gasteiger partial charge in [0, 0.05) is 29.5 Å². The maximum atomic E-state index is 13.2. The lowest BCUT2D eigenvalue weighted by Gasteiger charge is -2.06. The minimum absolute atomic E-state index is 0.496. The van der Waals surface area contributed by atoms with Crippen molar-refractivity contribution in [1.82, 2.24) is 19.5 Å². The Morgan fingerprint density at radius 2 is 1.91 bits per heavy atom. The lowest BCUT2D eigenvalue weighted by molar-refractivity contribution is 0.585. The predicted octanol–water partition coefficient (Wildman–Crippen LogP) is 3.62. The molecule has 0 radical (unpaired) electrons. The van der Waals surface area contributed by atoms with E-state index >= 15 is 0 Å². The second kappa shape index (κ2) is 5.04. The number of hydrogen-bond acceptors (Lipinski definition) is 3. The van der Waals surface area contributed by atoms with E-state index in [0.29, 0.717) is 5.69 Å². The Labute approximate surface area is 125 Å². The van der Waals surface area contributed by atoms with Crippen LogP contribution >= 0.6 is 0 Å². The van der Waals surface area contributed by atoms with Crippen LogP contribution in [0.2, 0.25) is 0 Å². The molecule has 0 aliphatic rings. The molecular weight excluding hydrogens is 279 g/mol. The van der Waals surface area contributed by atoms with Crippen LogP contribution in [0.4, 0.5) is 4.39 Å². The van der Waals surface area contributed by atoms with Gasteiger partial charge in [-0.1, -0.05) is 6.07 Å². The zero-order chi connectivity index (χ0) is 14.9. The molecule has 22 heavy (non-hydrogen) atoms. The molecule has 0 aliphatic carbocycles. The smallest absolute Gasteiger partial charge is 0.213 e. The van der Waals surface area contributed by atoms with Gasteiger partial charge < -0.3 is 0 Å². The fourth-order valence-corrected chi connectivity index (χ4v) is 2.42. The fourth-order valence-electron chi connectivity index (χ4n) is 2.42. The summed E-state index contributed by atoms with van der Waals surface area (Å²) >= 11 is 0. The Bertz CT molecular complexity index is 944. The van der Waals surface area contributed by atoms with Gasteiger partial charge in [0.05, 0.1) is 17.4 Å². The minimum atomic E-state index is -0.496. The molecule has 0 amide bonds. The van der Waals surface area contributed by atoms with Crippen LogP contribution in [0.15, 0.2) is 67.3 Å². The van der Waals surface area contributed by atoms with E-state index in [2.05, 4.69) is 15.0 Å². The summed E-state index contributed by atoms with van der Waals surface area (Å²) in [5, 5.41) is 1.10. The quantitative estimate of drug-likeness (QED) is 0.530. The molecule has 0 spiro atoms. The molecule has 106 valence electrons. The van der Waals surface area contributed by atoms with Crippen molar-refractivity contribution in [3.63, 3.8) is 0 Å². The Morgan fingerprint density at radius 3 is 2.73 bits per heavy atom. The standard InChI is InChI=1S/C17H11FN4/c18-16-3-1-2-14(21-16)13-4-5-17(20-10-13)22-9-7-12-6-8-19-11-15(12)22/h1-11H. The minimum Gasteiger partial charge on any atom is -0.300 e. The average molecular weight is 290 g/mol. The van der Waals surface area contributed by atoms with Gasteiger partial charge in [-0.2, -0.15) is 4.39 Å². The van der Waals surface area contributed by atoms with Crippen molar-refractivity contribution in [3.05, 3.63) is 73.2 Å². The number of aromatic nitrogens is 4. The van der Waals surface area contributed by atoms with Crippen molar-refractivity contribution in [2.45, 2.75) is 0 Å². The number of fused-ring (bicyclic) bond motifs is 1. The molecule has 4 heterocycles. The van der Waals surface area contributed by atoms with E-state index in [0.717, 1.165) is 22.3 Å². The molecule has 4 aromatic rings. The Kier molecular flexibility index (Phi) is 2.89. The summed E-state index contributed by atoms with van der Waals surface area (Å²) in [7, 11) is 0. The third-order valence-electron chi connectivity index (χ3n) is 3.50. The average Bonchev–Trinajstić information content (AvgIpc) is 2.99. The van der Waals surface area contributed by atoms with E-state index in [9.17, 15) is 4.39 Å². The van der Waals surface area contributed by atoms with Crippen LogP contribution in [0.1, 0.15) is 0 Å². The third kappa shape index (κ3) is 2.13. The summed E-state index contributed by atoms with van der Waals surface area (Å²) in [4.78, 5) is 12.5. The topological polar surface area (TPSA) is 43.6 Å². The van der Waals surface area contributed by atoms with Gasteiger partial charge in [-0.05, 0) is 36.4 Å². The molecule has 5 heteroatoms. The van der Waals surface area contributed by atoms with E-state index < -0.39 is 5.95 Å². The molecule has 0 saturated heterocycles. The maximum absolute atomic E-state index is 13.2. The maximum Gasteiger partial charge on any atom is 0.213 e. The largest absolute Gasteiger partial charge is 0.300 e. The van der Waals surface area contributed by atoms with Gasteiger partial charge in [-0.15, -0.1) is 0 Å². The van der Waals surface area contributed by atoms with Crippen LogP contribution in [0.5, 0.6) is 0 Å². The first kappa shape index (κ1) is 12.6. The van der Waals surface area contributed by atoms with Gasteiger partial charge in [0.15, 0.2) is 0 Å². The highest BCUT2D eigenvalue weighted by atomic mass is 19.1. The summed E-state index contributed by atoms with van der Waals surface area (Å²) in [6.07, 6.45) is 7.21. The summed E-state index contributed by atoms with van der Waals surface area (Å²) < 4.78 is 15.2. The zero-order valence-electron chi connectivity index (χ0n) is 11.5. The highest BCUT2D eigenvalue weighted by Gasteiger charge is 2.06. The van der Waals surface area contributed by atoms with Gasteiger partial charge in [-0.3, -0.25) is 9.55 Å². The van der Waals surface area contributed by atoms with E-state index in [1.165, 1.54) is 6.07 Å². The SMILES string of the molecule is Fc1cccc(-c2ccc(-n3ccc4ccncc43)nc2)n1. The predicted molar refractivity (Wildman–Crippen MR) is 82.1 cm³/mol. The summed E-state index contributed by atoms with van der Waals surface area (Å²) in [5.74, 6) is 0.284. The van der Waals surface area contributed by atoms with Crippen molar-refractivity contribution >= 4 is 10.9 Å². The molecule has 0 bridgehead atoms. The van der Waals surface area contributed by atoms with Crippen LogP contribution in [0.3, 0.4) is 0 Å². The number of rotatable bonds is 2. The van der Waals surface area contributed by atoms with Gasteiger partial charge in [0.25, 0.3) is 0 Å². The van der Waals surface area contributed by atoms with Crippen LogP contribution in [0.25, 0.3) is 28.0 Å². The first-order valence-electron chi connectivity index (χ1n) is 6.82. The van der Waals surface area contributed by atoms with Crippen LogP contribution in [-0.4, -0.2) is 19.5 Å². The van der Waals surface area contributed by atoms with Crippen molar-refractivity contribution < 1.29 is 4.39 Å². The van der Waals surface area contributed by atoms with E-state index in [1.807, 2.05) is 35.0 Å². The van der Waals surface area contributed by atoms with Crippen LogP contribution in [-0.2, 0) is 0 Å². The van der Waals surface area contributed by atoms with Crippen molar-refractivity contribution in [2.24, 2.45) is 0 Å². The number of pyridine rings is 3.